The summed E-state index contributed by atoms with van der Waals surface area (Å²) in [5, 5.41) is 6.88. The van der Waals surface area contributed by atoms with Gasteiger partial charge in [-0.15, -0.1) is 11.3 Å². The number of ether oxygens (including phenoxy) is 1. The van der Waals surface area contributed by atoms with Crippen molar-refractivity contribution in [3.05, 3.63) is 75.1 Å². The monoisotopic (exact) mass is 496 g/mol. The summed E-state index contributed by atoms with van der Waals surface area (Å²) >= 11 is 7.74. The Kier molecular flexibility index (Phi) is 7.01. The van der Waals surface area contributed by atoms with Crippen LogP contribution in [0.4, 0.5) is 10.7 Å². The molecule has 2 N–H and O–H groups in total. The number of rotatable bonds is 5. The van der Waals surface area contributed by atoms with Crippen molar-refractivity contribution in [1.29, 1.82) is 0 Å². The summed E-state index contributed by atoms with van der Waals surface area (Å²) in [5.74, 6) is 0.499. The molecule has 1 aromatic heterocycles. The Morgan fingerprint density at radius 1 is 1.03 bits per heavy atom. The van der Waals surface area contributed by atoms with E-state index in [4.69, 9.17) is 16.3 Å². The van der Waals surface area contributed by atoms with Crippen molar-refractivity contribution in [1.82, 2.24) is 0 Å². The van der Waals surface area contributed by atoms with Crippen LogP contribution >= 0.6 is 22.9 Å². The normalized spacial score (nSPS) is 15.4. The molecule has 0 fully saturated rings. The van der Waals surface area contributed by atoms with Crippen LogP contribution in [0.2, 0.25) is 5.02 Å². The maximum atomic E-state index is 13.6. The lowest BCUT2D eigenvalue weighted by molar-refractivity contribution is 0.102. The second-order valence-corrected chi connectivity index (χ2v) is 11.1. The summed E-state index contributed by atoms with van der Waals surface area (Å²) in [6.07, 6.45) is 2.69. The van der Waals surface area contributed by atoms with Crippen molar-refractivity contribution in [2.45, 2.75) is 40.0 Å². The molecule has 1 atom stereocenters. The largest absolute Gasteiger partial charge is 0.495 e. The molecule has 2 aromatic carbocycles. The van der Waals surface area contributed by atoms with Gasteiger partial charge in [-0.25, -0.2) is 0 Å². The fraction of sp³-hybridized carbons (Fsp3) is 0.333. The van der Waals surface area contributed by atoms with Gasteiger partial charge >= 0.3 is 0 Å². The molecule has 7 heteroatoms. The van der Waals surface area contributed by atoms with E-state index in [1.807, 2.05) is 12.1 Å². The highest BCUT2D eigenvalue weighted by molar-refractivity contribution is 7.17. The van der Waals surface area contributed by atoms with Gasteiger partial charge in [-0.2, -0.15) is 0 Å². The van der Waals surface area contributed by atoms with E-state index in [9.17, 15) is 9.59 Å². The first-order valence-electron chi connectivity index (χ1n) is 11.3. The molecule has 3 aromatic rings. The fourth-order valence-corrected chi connectivity index (χ4v) is 5.94. The molecule has 4 rings (SSSR count). The minimum Gasteiger partial charge on any atom is -0.495 e. The van der Waals surface area contributed by atoms with E-state index >= 15 is 0 Å². The minimum absolute atomic E-state index is 0.169. The van der Waals surface area contributed by atoms with E-state index in [1.165, 1.54) is 11.3 Å². The van der Waals surface area contributed by atoms with Crippen molar-refractivity contribution < 1.29 is 14.3 Å². The number of amides is 2. The number of benzene rings is 2. The Hall–Kier alpha value is -2.83. The molecule has 0 bridgehead atoms. The van der Waals surface area contributed by atoms with Gasteiger partial charge in [-0.1, -0.05) is 56.6 Å². The van der Waals surface area contributed by atoms with Crippen molar-refractivity contribution >= 4 is 45.4 Å². The third-order valence-electron chi connectivity index (χ3n) is 6.42. The number of methoxy groups -OCH3 is 1. The summed E-state index contributed by atoms with van der Waals surface area (Å²) in [6, 6.07) is 14.2. The van der Waals surface area contributed by atoms with Gasteiger partial charge in [0.05, 0.1) is 28.9 Å². The summed E-state index contributed by atoms with van der Waals surface area (Å²) in [6.45, 7) is 6.77. The first-order valence-corrected chi connectivity index (χ1v) is 12.5. The first kappa shape index (κ1) is 24.3. The summed E-state index contributed by atoms with van der Waals surface area (Å²) in [4.78, 5) is 27.8. The van der Waals surface area contributed by atoms with Gasteiger partial charge in [0.15, 0.2) is 0 Å². The number of carbonyl (C=O) groups excluding carboxylic acids is 2. The molecule has 1 aliphatic carbocycles. The van der Waals surface area contributed by atoms with E-state index in [2.05, 4.69) is 31.4 Å². The minimum atomic E-state index is -0.331. The number of hydrogen-bond acceptors (Lipinski definition) is 4. The van der Waals surface area contributed by atoms with Gasteiger partial charge in [0, 0.05) is 4.88 Å². The maximum absolute atomic E-state index is 13.6. The molecule has 0 aliphatic heterocycles. The Morgan fingerprint density at radius 3 is 2.44 bits per heavy atom. The average Bonchev–Trinajstić information content (AvgIpc) is 3.16. The highest BCUT2D eigenvalue weighted by Crippen LogP contribution is 2.44. The molecular weight excluding hydrogens is 468 g/mol. The molecule has 2 amide bonds. The van der Waals surface area contributed by atoms with Gasteiger partial charge in [-0.3, -0.25) is 9.59 Å². The van der Waals surface area contributed by atoms with Crippen LogP contribution in [0.15, 0.2) is 48.5 Å². The number of para-hydroxylation sites is 2. The van der Waals surface area contributed by atoms with Crippen molar-refractivity contribution in [3.8, 4) is 5.75 Å². The first-order chi connectivity index (χ1) is 16.2. The lowest BCUT2D eigenvalue weighted by atomic mass is 9.72. The van der Waals surface area contributed by atoms with E-state index in [0.29, 0.717) is 38.5 Å². The molecule has 0 saturated carbocycles. The highest BCUT2D eigenvalue weighted by Gasteiger charge is 2.34. The third-order valence-corrected chi connectivity index (χ3v) is 7.92. The predicted molar refractivity (Wildman–Crippen MR) is 140 cm³/mol. The van der Waals surface area contributed by atoms with E-state index < -0.39 is 0 Å². The lowest BCUT2D eigenvalue weighted by Crippen LogP contribution is -2.27. The molecule has 0 radical (unpaired) electrons. The van der Waals surface area contributed by atoms with Crippen LogP contribution in [0.25, 0.3) is 0 Å². The zero-order valence-electron chi connectivity index (χ0n) is 19.8. The SMILES string of the molecule is COc1ccccc1NC(=O)c1c(NC(=O)c2ccccc2Cl)sc2c1CCC(C(C)(C)C)C2. The number of anilines is 2. The quantitative estimate of drug-likeness (QED) is 0.397. The number of halogens is 1. The second kappa shape index (κ2) is 9.80. The molecule has 0 spiro atoms. The van der Waals surface area contributed by atoms with Crippen LogP contribution in [0, 0.1) is 11.3 Å². The molecule has 5 nitrogen and oxygen atoms in total. The smallest absolute Gasteiger partial charge is 0.259 e. The molecule has 1 heterocycles. The number of carbonyl (C=O) groups is 2. The summed E-state index contributed by atoms with van der Waals surface area (Å²) in [5.41, 5.74) is 2.68. The summed E-state index contributed by atoms with van der Waals surface area (Å²) in [7, 11) is 1.57. The maximum Gasteiger partial charge on any atom is 0.259 e. The van der Waals surface area contributed by atoms with Crippen LogP contribution in [0.5, 0.6) is 5.75 Å². The van der Waals surface area contributed by atoms with Crippen LogP contribution in [-0.4, -0.2) is 18.9 Å². The van der Waals surface area contributed by atoms with Crippen molar-refractivity contribution in [2.75, 3.05) is 17.7 Å². The van der Waals surface area contributed by atoms with E-state index in [-0.39, 0.29) is 17.2 Å². The van der Waals surface area contributed by atoms with Crippen LogP contribution < -0.4 is 15.4 Å². The Labute approximate surface area is 209 Å². The molecule has 178 valence electrons. The topological polar surface area (TPSA) is 67.4 Å². The molecule has 1 unspecified atom stereocenters. The van der Waals surface area contributed by atoms with Crippen molar-refractivity contribution in [3.63, 3.8) is 0 Å². The number of nitrogens with one attached hydrogen (secondary N) is 2. The van der Waals surface area contributed by atoms with Gasteiger partial charge in [-0.05, 0) is 60.4 Å². The standard InChI is InChI=1S/C27H29ClN2O3S/c1-27(2,3)16-13-14-18-22(15-16)34-26(30-24(31)17-9-5-6-10-19(17)28)23(18)25(32)29-20-11-7-8-12-21(20)33-4/h5-12,16H,13-15H2,1-4H3,(H,29,32)(H,30,31). The van der Waals surface area contributed by atoms with Gasteiger partial charge in [0.1, 0.15) is 10.8 Å². The van der Waals surface area contributed by atoms with Crippen LogP contribution in [-0.2, 0) is 12.8 Å². The number of hydrogen-bond donors (Lipinski definition) is 2. The second-order valence-electron chi connectivity index (χ2n) is 9.60. The summed E-state index contributed by atoms with van der Waals surface area (Å²) < 4.78 is 5.40. The number of thiophene rings is 1. The molecule has 34 heavy (non-hydrogen) atoms. The highest BCUT2D eigenvalue weighted by atomic mass is 35.5. The average molecular weight is 497 g/mol. The Bertz CT molecular complexity index is 1230. The van der Waals surface area contributed by atoms with Crippen molar-refractivity contribution in [2.24, 2.45) is 11.3 Å². The van der Waals surface area contributed by atoms with Gasteiger partial charge in [0.2, 0.25) is 0 Å². The van der Waals surface area contributed by atoms with Gasteiger partial charge < -0.3 is 15.4 Å². The molecular formula is C27H29ClN2O3S. The van der Waals surface area contributed by atoms with E-state index in [1.54, 1.807) is 43.5 Å². The van der Waals surface area contributed by atoms with E-state index in [0.717, 1.165) is 29.7 Å². The number of fused-ring (bicyclic) bond motifs is 1. The van der Waals surface area contributed by atoms with Crippen LogP contribution in [0.3, 0.4) is 0 Å². The van der Waals surface area contributed by atoms with Crippen LogP contribution in [0.1, 0.15) is 58.3 Å². The predicted octanol–water partition coefficient (Wildman–Crippen LogP) is 7.07. The fourth-order valence-electron chi connectivity index (χ4n) is 4.40. The Balaban J connectivity index is 1.71. The zero-order valence-corrected chi connectivity index (χ0v) is 21.4. The zero-order chi connectivity index (χ0) is 24.5. The lowest BCUT2D eigenvalue weighted by Gasteiger charge is -2.33. The molecule has 1 aliphatic rings. The third kappa shape index (κ3) is 4.98. The van der Waals surface area contributed by atoms with Gasteiger partial charge in [0.25, 0.3) is 11.8 Å². The Morgan fingerprint density at radius 2 is 1.74 bits per heavy atom. The molecule has 0 saturated heterocycles.